The van der Waals surface area contributed by atoms with E-state index in [9.17, 15) is 48.6 Å². The monoisotopic (exact) mass is 648 g/mol. The fourth-order valence-electron chi connectivity index (χ4n) is 4.11. The minimum Gasteiger partial charge on any atom is -0.481 e. The average molecular weight is 649 g/mol. The van der Waals surface area contributed by atoms with Crippen LogP contribution in [0.25, 0.3) is 0 Å². The lowest BCUT2D eigenvalue weighted by Gasteiger charge is -2.27. The number of carboxylic acids is 2. The van der Waals surface area contributed by atoms with Crippen LogP contribution in [0.15, 0.2) is 30.3 Å². The lowest BCUT2D eigenvalue weighted by atomic mass is 10.0. The van der Waals surface area contributed by atoms with Gasteiger partial charge >= 0.3 is 11.9 Å². The molecule has 254 valence electrons. The zero-order valence-corrected chi connectivity index (χ0v) is 26.7. The van der Waals surface area contributed by atoms with Crippen LogP contribution in [-0.2, 0) is 44.8 Å². The van der Waals surface area contributed by atoms with Crippen LogP contribution in [0.3, 0.4) is 0 Å². The zero-order valence-electron chi connectivity index (χ0n) is 26.7. The van der Waals surface area contributed by atoms with E-state index in [1.165, 1.54) is 27.7 Å². The maximum atomic E-state index is 13.3. The summed E-state index contributed by atoms with van der Waals surface area (Å²) in [5.74, 6) is -7.46. The number of carbonyl (C=O) groups is 8. The molecule has 0 aliphatic rings. The number of amides is 6. The Morgan fingerprint density at radius 3 is 1.54 bits per heavy atom. The Hall–Kier alpha value is -5.02. The van der Waals surface area contributed by atoms with Gasteiger partial charge in [0.05, 0.1) is 0 Å². The van der Waals surface area contributed by atoms with Crippen LogP contribution >= 0.6 is 0 Å². The Morgan fingerprint density at radius 2 is 1.09 bits per heavy atom. The smallest absolute Gasteiger partial charge is 0.326 e. The SMILES string of the molecule is CC(=O)N[C@@H](C)C(=O)N[C@@H](C)C(=O)N[C@@H](C)C(=O)N[C@@H](CCC(=O)O)C(=O)N[C@H](C(=O)N[C@@H](Cc1ccccc1)C(=O)O)C(C)C. The minimum absolute atomic E-state index is 0.0157. The molecule has 0 unspecified atom stereocenters. The van der Waals surface area contributed by atoms with Crippen molar-refractivity contribution in [1.82, 2.24) is 31.9 Å². The van der Waals surface area contributed by atoms with Crippen LogP contribution in [0.5, 0.6) is 0 Å². The number of hydrogen-bond acceptors (Lipinski definition) is 8. The van der Waals surface area contributed by atoms with Gasteiger partial charge in [0, 0.05) is 19.8 Å². The van der Waals surface area contributed by atoms with Gasteiger partial charge in [-0.05, 0) is 38.7 Å². The summed E-state index contributed by atoms with van der Waals surface area (Å²) in [6.45, 7) is 8.52. The molecule has 0 saturated carbocycles. The predicted octanol–water partition coefficient (Wildman–Crippen LogP) is -1.18. The van der Waals surface area contributed by atoms with Crippen LogP contribution in [0.1, 0.15) is 59.9 Å². The van der Waals surface area contributed by atoms with Crippen molar-refractivity contribution in [3.05, 3.63) is 35.9 Å². The highest BCUT2D eigenvalue weighted by Crippen LogP contribution is 2.08. The second-order valence-electron chi connectivity index (χ2n) is 11.2. The van der Waals surface area contributed by atoms with Gasteiger partial charge in [-0.15, -0.1) is 0 Å². The summed E-state index contributed by atoms with van der Waals surface area (Å²) in [5, 5.41) is 33.3. The number of aliphatic carboxylic acids is 2. The molecule has 0 radical (unpaired) electrons. The number of carboxylic acid groups (broad SMARTS) is 2. The highest BCUT2D eigenvalue weighted by Gasteiger charge is 2.32. The van der Waals surface area contributed by atoms with Crippen molar-refractivity contribution in [2.24, 2.45) is 5.92 Å². The Bertz CT molecular complexity index is 1270. The largest absolute Gasteiger partial charge is 0.481 e. The van der Waals surface area contributed by atoms with E-state index in [2.05, 4.69) is 31.9 Å². The van der Waals surface area contributed by atoms with Crippen molar-refractivity contribution in [2.75, 3.05) is 0 Å². The van der Waals surface area contributed by atoms with Crippen molar-refractivity contribution in [2.45, 2.75) is 97.1 Å². The van der Waals surface area contributed by atoms with Crippen molar-refractivity contribution in [3.63, 3.8) is 0 Å². The normalized spacial score (nSPS) is 14.7. The molecule has 0 aliphatic heterocycles. The third-order valence-corrected chi connectivity index (χ3v) is 6.74. The summed E-state index contributed by atoms with van der Waals surface area (Å²) in [6.07, 6.45) is -0.900. The molecule has 46 heavy (non-hydrogen) atoms. The molecule has 0 aliphatic carbocycles. The van der Waals surface area contributed by atoms with Crippen LogP contribution in [0.4, 0.5) is 0 Å². The second kappa shape index (κ2) is 18.7. The summed E-state index contributed by atoms with van der Waals surface area (Å²) < 4.78 is 0. The molecule has 6 amide bonds. The van der Waals surface area contributed by atoms with Crippen molar-refractivity contribution in [1.29, 1.82) is 0 Å². The van der Waals surface area contributed by atoms with Gasteiger partial charge in [0.25, 0.3) is 0 Å². The molecule has 16 heteroatoms. The van der Waals surface area contributed by atoms with Gasteiger partial charge in [-0.3, -0.25) is 33.6 Å². The topological polar surface area (TPSA) is 249 Å². The first-order chi connectivity index (χ1) is 21.4. The maximum Gasteiger partial charge on any atom is 0.326 e. The third-order valence-electron chi connectivity index (χ3n) is 6.74. The van der Waals surface area contributed by atoms with E-state index >= 15 is 0 Å². The average Bonchev–Trinajstić information content (AvgIpc) is 2.96. The molecule has 0 heterocycles. The van der Waals surface area contributed by atoms with E-state index in [0.29, 0.717) is 5.56 Å². The first-order valence-corrected chi connectivity index (χ1v) is 14.7. The molecule has 0 aromatic heterocycles. The van der Waals surface area contributed by atoms with Crippen LogP contribution in [-0.4, -0.2) is 93.8 Å². The fourth-order valence-corrected chi connectivity index (χ4v) is 4.11. The van der Waals surface area contributed by atoms with Crippen molar-refractivity contribution >= 4 is 47.4 Å². The fraction of sp³-hybridized carbons (Fsp3) is 0.533. The maximum absolute atomic E-state index is 13.3. The molecule has 8 N–H and O–H groups in total. The molecule has 0 fully saturated rings. The van der Waals surface area contributed by atoms with Gasteiger partial charge in [-0.25, -0.2) is 4.79 Å². The summed E-state index contributed by atoms with van der Waals surface area (Å²) >= 11 is 0. The molecule has 1 aromatic carbocycles. The van der Waals surface area contributed by atoms with Crippen molar-refractivity contribution in [3.8, 4) is 0 Å². The van der Waals surface area contributed by atoms with Gasteiger partial charge in [0.1, 0.15) is 36.3 Å². The molecule has 1 aromatic rings. The quantitative estimate of drug-likeness (QED) is 0.0946. The number of rotatable bonds is 18. The summed E-state index contributed by atoms with van der Waals surface area (Å²) in [5.41, 5.74) is 0.661. The van der Waals surface area contributed by atoms with E-state index in [1.807, 2.05) is 0 Å². The summed E-state index contributed by atoms with van der Waals surface area (Å²) in [7, 11) is 0. The number of carbonyl (C=O) groups excluding carboxylic acids is 6. The standard InChI is InChI=1S/C30H44N6O10/c1-15(2)24(29(44)35-22(30(45)46)14-20-10-8-7-9-11-20)36-28(43)21(12-13-23(38)39)34-27(42)18(5)33-26(41)17(4)32-25(40)16(3)31-19(6)37/h7-11,15-18,21-22,24H,12-14H2,1-6H3,(H,31,37)(H,32,40)(H,33,41)(H,34,42)(H,35,44)(H,36,43)(H,38,39)(H,45,46)/t16-,17-,18-,21-,22-,24-/m0/s1. The Kier molecular flexibility index (Phi) is 15.9. The van der Waals surface area contributed by atoms with Crippen LogP contribution < -0.4 is 31.9 Å². The second-order valence-corrected chi connectivity index (χ2v) is 11.2. The minimum atomic E-state index is -1.44. The molecule has 6 atom stereocenters. The lowest BCUT2D eigenvalue weighted by molar-refractivity contribution is -0.142. The van der Waals surface area contributed by atoms with E-state index in [-0.39, 0.29) is 12.8 Å². The summed E-state index contributed by atoms with van der Waals surface area (Å²) in [4.78, 5) is 98.4. The highest BCUT2D eigenvalue weighted by atomic mass is 16.4. The van der Waals surface area contributed by atoms with E-state index in [0.717, 1.165) is 0 Å². The van der Waals surface area contributed by atoms with Crippen LogP contribution in [0, 0.1) is 5.92 Å². The Balaban J connectivity index is 2.96. The van der Waals surface area contributed by atoms with Gasteiger partial charge in [-0.2, -0.15) is 0 Å². The molecule has 0 spiro atoms. The summed E-state index contributed by atoms with van der Waals surface area (Å²) in [6, 6.07) is 1.37. The first kappa shape index (κ1) is 39.0. The number of hydrogen-bond donors (Lipinski definition) is 8. The number of benzene rings is 1. The Morgan fingerprint density at radius 1 is 0.609 bits per heavy atom. The molecule has 1 rings (SSSR count). The molecular weight excluding hydrogens is 604 g/mol. The third kappa shape index (κ3) is 13.7. The molecule has 16 nitrogen and oxygen atoms in total. The van der Waals surface area contributed by atoms with Crippen LogP contribution in [0.2, 0.25) is 0 Å². The van der Waals surface area contributed by atoms with Crippen molar-refractivity contribution < 1.29 is 48.6 Å². The highest BCUT2D eigenvalue weighted by molar-refractivity contribution is 5.96. The molecule has 0 saturated heterocycles. The van der Waals surface area contributed by atoms with Gasteiger partial charge in [0.2, 0.25) is 35.4 Å². The predicted molar refractivity (Wildman–Crippen MR) is 164 cm³/mol. The zero-order chi connectivity index (χ0) is 35.1. The molecular formula is C30H44N6O10. The molecule has 0 bridgehead atoms. The number of nitrogens with one attached hydrogen (secondary N) is 6. The van der Waals surface area contributed by atoms with Gasteiger partial charge < -0.3 is 42.1 Å². The van der Waals surface area contributed by atoms with E-state index < -0.39 is 96.0 Å². The van der Waals surface area contributed by atoms with Gasteiger partial charge in [-0.1, -0.05) is 44.2 Å². The Labute approximate surface area is 266 Å². The van der Waals surface area contributed by atoms with E-state index in [1.54, 1.807) is 44.2 Å². The van der Waals surface area contributed by atoms with Gasteiger partial charge in [0.15, 0.2) is 0 Å². The first-order valence-electron chi connectivity index (χ1n) is 14.7. The van der Waals surface area contributed by atoms with E-state index in [4.69, 9.17) is 0 Å². The lowest BCUT2D eigenvalue weighted by Crippen LogP contribution is -2.59.